The summed E-state index contributed by atoms with van der Waals surface area (Å²) in [6.07, 6.45) is 5.49. The Labute approximate surface area is 101 Å². The van der Waals surface area contributed by atoms with Gasteiger partial charge in [0, 0.05) is 6.42 Å². The van der Waals surface area contributed by atoms with Crippen molar-refractivity contribution in [3.05, 3.63) is 30.3 Å². The number of para-hydroxylation sites is 1. The Morgan fingerprint density at radius 3 is 2.65 bits per heavy atom. The van der Waals surface area contributed by atoms with E-state index in [1.807, 2.05) is 6.92 Å². The second-order valence-corrected chi connectivity index (χ2v) is 4.75. The predicted octanol–water partition coefficient (Wildman–Crippen LogP) is 2.98. The van der Waals surface area contributed by atoms with Gasteiger partial charge in [-0.1, -0.05) is 25.1 Å². The maximum atomic E-state index is 11.7. The lowest BCUT2D eigenvalue weighted by molar-refractivity contribution is 0.138. The number of terminal acetylenes is 1. The van der Waals surface area contributed by atoms with Crippen molar-refractivity contribution < 1.29 is 18.5 Å². The lowest BCUT2D eigenvalue weighted by Crippen LogP contribution is -2.11. The predicted molar refractivity (Wildman–Crippen MR) is 65.5 cm³/mol. The van der Waals surface area contributed by atoms with E-state index in [1.165, 1.54) is 0 Å². The molecule has 17 heavy (non-hydrogen) atoms. The molecule has 0 aliphatic rings. The van der Waals surface area contributed by atoms with Crippen LogP contribution >= 0.6 is 7.82 Å². The quantitative estimate of drug-likeness (QED) is 0.626. The fraction of sp³-hybridized carbons (Fsp3) is 0.333. The normalized spacial score (nSPS) is 15.6. The summed E-state index contributed by atoms with van der Waals surface area (Å²) in [6.45, 7) is 1.82. The van der Waals surface area contributed by atoms with Gasteiger partial charge in [0.05, 0.1) is 6.10 Å². The molecule has 1 aromatic rings. The van der Waals surface area contributed by atoms with Crippen LogP contribution in [0, 0.1) is 12.3 Å². The van der Waals surface area contributed by atoms with Crippen LogP contribution in [0.1, 0.15) is 19.8 Å². The van der Waals surface area contributed by atoms with Gasteiger partial charge in [-0.2, -0.15) is 0 Å². The smallest absolute Gasteiger partial charge is 0.404 e. The maximum Gasteiger partial charge on any atom is 0.527 e. The van der Waals surface area contributed by atoms with Gasteiger partial charge in [0.2, 0.25) is 0 Å². The van der Waals surface area contributed by atoms with Crippen molar-refractivity contribution in [1.82, 2.24) is 0 Å². The molecular formula is C12H15O4P. The highest BCUT2D eigenvalue weighted by Gasteiger charge is 2.26. The lowest BCUT2D eigenvalue weighted by Gasteiger charge is -2.18. The van der Waals surface area contributed by atoms with Crippen LogP contribution in [-0.4, -0.2) is 11.0 Å². The van der Waals surface area contributed by atoms with Crippen LogP contribution in [0.5, 0.6) is 5.75 Å². The van der Waals surface area contributed by atoms with Gasteiger partial charge in [-0.05, 0) is 18.6 Å². The summed E-state index contributed by atoms with van der Waals surface area (Å²) in [4.78, 5) is 9.54. The monoisotopic (exact) mass is 254 g/mol. The summed E-state index contributed by atoms with van der Waals surface area (Å²) < 4.78 is 21.5. The number of benzene rings is 1. The third-order valence-corrected chi connectivity index (χ3v) is 3.05. The minimum atomic E-state index is -4.11. The third kappa shape index (κ3) is 5.06. The molecule has 1 aromatic carbocycles. The molecule has 92 valence electrons. The van der Waals surface area contributed by atoms with E-state index in [-0.39, 0.29) is 12.2 Å². The maximum absolute atomic E-state index is 11.7. The van der Waals surface area contributed by atoms with Crippen molar-refractivity contribution in [2.75, 3.05) is 0 Å². The second kappa shape index (κ2) is 6.46. The van der Waals surface area contributed by atoms with Gasteiger partial charge in [-0.25, -0.2) is 4.57 Å². The second-order valence-electron chi connectivity index (χ2n) is 3.42. The number of hydrogen-bond donors (Lipinski definition) is 1. The summed E-state index contributed by atoms with van der Waals surface area (Å²) in [7, 11) is -4.11. The van der Waals surface area contributed by atoms with Crippen molar-refractivity contribution in [1.29, 1.82) is 0 Å². The van der Waals surface area contributed by atoms with Crippen LogP contribution in [0.3, 0.4) is 0 Å². The minimum Gasteiger partial charge on any atom is -0.404 e. The van der Waals surface area contributed by atoms with Crippen LogP contribution in [0.2, 0.25) is 0 Å². The van der Waals surface area contributed by atoms with E-state index in [9.17, 15) is 9.46 Å². The van der Waals surface area contributed by atoms with E-state index in [1.54, 1.807) is 30.3 Å². The van der Waals surface area contributed by atoms with E-state index < -0.39 is 13.9 Å². The molecule has 0 saturated carbocycles. The fourth-order valence-electron chi connectivity index (χ4n) is 1.21. The minimum absolute atomic E-state index is 0.277. The van der Waals surface area contributed by atoms with E-state index in [2.05, 4.69) is 5.92 Å². The molecule has 0 radical (unpaired) electrons. The summed E-state index contributed by atoms with van der Waals surface area (Å²) in [5.74, 6) is 2.68. The summed E-state index contributed by atoms with van der Waals surface area (Å²) in [6, 6.07) is 8.34. The van der Waals surface area contributed by atoms with Crippen LogP contribution in [0.15, 0.2) is 30.3 Å². The van der Waals surface area contributed by atoms with E-state index >= 15 is 0 Å². The first kappa shape index (κ1) is 13.8. The van der Waals surface area contributed by atoms with Crippen LogP contribution in [-0.2, 0) is 9.09 Å². The van der Waals surface area contributed by atoms with Gasteiger partial charge in [0.15, 0.2) is 0 Å². The molecule has 0 saturated heterocycles. The van der Waals surface area contributed by atoms with Gasteiger partial charge in [0.25, 0.3) is 0 Å². The van der Waals surface area contributed by atoms with E-state index in [0.717, 1.165) is 0 Å². The highest BCUT2D eigenvalue weighted by Crippen LogP contribution is 2.45. The largest absolute Gasteiger partial charge is 0.527 e. The van der Waals surface area contributed by atoms with Crippen LogP contribution in [0.25, 0.3) is 0 Å². The van der Waals surface area contributed by atoms with Crippen molar-refractivity contribution in [2.24, 2.45) is 0 Å². The zero-order valence-electron chi connectivity index (χ0n) is 9.57. The van der Waals surface area contributed by atoms with Gasteiger partial charge in [0.1, 0.15) is 5.75 Å². The van der Waals surface area contributed by atoms with Crippen molar-refractivity contribution in [3.63, 3.8) is 0 Å². The first-order valence-corrected chi connectivity index (χ1v) is 6.76. The molecule has 4 nitrogen and oxygen atoms in total. The molecular weight excluding hydrogens is 239 g/mol. The Bertz CT molecular complexity index is 424. The summed E-state index contributed by atoms with van der Waals surface area (Å²) in [5, 5.41) is 0. The first-order chi connectivity index (χ1) is 8.07. The van der Waals surface area contributed by atoms with Crippen molar-refractivity contribution >= 4 is 7.82 Å². The average molecular weight is 254 g/mol. The fourth-order valence-corrected chi connectivity index (χ4v) is 2.24. The molecule has 0 amide bonds. The molecule has 0 spiro atoms. The Morgan fingerprint density at radius 2 is 2.12 bits per heavy atom. The number of phosphoric acid groups is 1. The third-order valence-electron chi connectivity index (χ3n) is 2.05. The molecule has 0 fully saturated rings. The van der Waals surface area contributed by atoms with Crippen LogP contribution in [0.4, 0.5) is 0 Å². The highest BCUT2D eigenvalue weighted by atomic mass is 31.2. The average Bonchev–Trinajstić information content (AvgIpc) is 2.29. The molecule has 1 rings (SSSR count). The SMILES string of the molecule is C#CCC(CC)OP(=O)(O)Oc1ccccc1. The van der Waals surface area contributed by atoms with Gasteiger partial charge >= 0.3 is 7.82 Å². The number of hydrogen-bond acceptors (Lipinski definition) is 3. The number of rotatable bonds is 6. The zero-order valence-corrected chi connectivity index (χ0v) is 10.5. The molecule has 0 heterocycles. The Hall–Kier alpha value is -1.27. The lowest BCUT2D eigenvalue weighted by atomic mass is 10.2. The molecule has 1 N–H and O–H groups in total. The Morgan fingerprint density at radius 1 is 1.47 bits per heavy atom. The molecule has 5 heteroatoms. The molecule has 0 aromatic heterocycles. The molecule has 2 atom stereocenters. The van der Waals surface area contributed by atoms with Crippen LogP contribution < -0.4 is 4.52 Å². The van der Waals surface area contributed by atoms with Gasteiger partial charge in [-0.15, -0.1) is 12.3 Å². The van der Waals surface area contributed by atoms with E-state index in [0.29, 0.717) is 6.42 Å². The van der Waals surface area contributed by atoms with Crippen molar-refractivity contribution in [3.8, 4) is 18.1 Å². The highest BCUT2D eigenvalue weighted by molar-refractivity contribution is 7.47. The molecule has 0 aliphatic heterocycles. The Balaban J connectivity index is 2.63. The van der Waals surface area contributed by atoms with Gasteiger partial charge in [-0.3, -0.25) is 9.42 Å². The summed E-state index contributed by atoms with van der Waals surface area (Å²) in [5.41, 5.74) is 0. The van der Waals surface area contributed by atoms with Crippen molar-refractivity contribution in [2.45, 2.75) is 25.9 Å². The van der Waals surface area contributed by atoms with Gasteiger partial charge < -0.3 is 4.52 Å². The Kier molecular flexibility index (Phi) is 5.24. The zero-order chi connectivity index (χ0) is 12.7. The summed E-state index contributed by atoms with van der Waals surface area (Å²) >= 11 is 0. The topological polar surface area (TPSA) is 55.8 Å². The molecule has 0 aliphatic carbocycles. The van der Waals surface area contributed by atoms with E-state index in [4.69, 9.17) is 15.5 Å². The standard InChI is InChI=1S/C12H15O4P/c1-3-8-11(4-2)15-17(13,14)16-12-9-6-5-7-10-12/h1,5-7,9-11H,4,8H2,2H3,(H,13,14). The molecule has 0 bridgehead atoms. The number of phosphoric ester groups is 1. The molecule has 2 unspecified atom stereocenters. The first-order valence-electron chi connectivity index (χ1n) is 5.26.